The Kier molecular flexibility index (Phi) is 51.6. The number of hydrogen-bond acceptors (Lipinski definition) is 6. The highest BCUT2D eigenvalue weighted by atomic mass is 31.2. The van der Waals surface area contributed by atoms with E-state index in [0.29, 0.717) is 17.4 Å². The molecule has 0 saturated heterocycles. The molecule has 0 aromatic heterocycles. The molecule has 0 bridgehead atoms. The van der Waals surface area contributed by atoms with Crippen molar-refractivity contribution in [1.82, 2.24) is 5.32 Å². The van der Waals surface area contributed by atoms with Crippen LogP contribution in [0.2, 0.25) is 0 Å². The average Bonchev–Trinajstić information content (AvgIpc) is 3.32. The number of nitrogens with one attached hydrogen (secondary N) is 1. The molecule has 0 fully saturated rings. The van der Waals surface area contributed by atoms with Crippen LogP contribution >= 0.6 is 7.82 Å². The fourth-order valence-electron chi connectivity index (χ4n) is 9.07. The number of amides is 1. The highest BCUT2D eigenvalue weighted by Gasteiger charge is 2.23. The smallest absolute Gasteiger partial charge is 0.268 e. The standard InChI is InChI=1S/C61H119N2O6P/c1-6-8-10-12-14-15-16-17-18-19-20-21-22-23-24-25-26-27-28-29-30-31-32-33-34-35-36-37-38-39-40-41-42-43-44-45-46-47-49-51-53-55-61(65)62-59(60(64)54-52-50-48-13-11-9-7-2)58-69-70(66,67)68-57-56-63(3,4)5/h16-17,19-20,52,54,59-60,64H,6-15,18,21-51,53,55-58H2,1-5H3,(H-,62,65,66,67)/b17-16-,20-19-,54-52+. The number of quaternary nitrogens is 1. The molecule has 0 radical (unpaired) electrons. The summed E-state index contributed by atoms with van der Waals surface area (Å²) in [5.41, 5.74) is 0. The molecule has 0 aliphatic rings. The number of aliphatic hydroxyl groups is 1. The summed E-state index contributed by atoms with van der Waals surface area (Å²) >= 11 is 0. The van der Waals surface area contributed by atoms with Crippen LogP contribution in [-0.4, -0.2) is 68.5 Å². The molecule has 9 heteroatoms. The first-order valence-corrected chi connectivity index (χ1v) is 31.8. The van der Waals surface area contributed by atoms with Crippen LogP contribution in [0.5, 0.6) is 0 Å². The van der Waals surface area contributed by atoms with Gasteiger partial charge in [-0.15, -0.1) is 0 Å². The maximum atomic E-state index is 12.9. The Bertz CT molecular complexity index is 1230. The second kappa shape index (κ2) is 52.6. The number of carbonyl (C=O) groups is 1. The molecule has 1 amide bonds. The molecule has 3 unspecified atom stereocenters. The molecular weight excluding hydrogens is 888 g/mol. The number of likely N-dealkylation sites (N-methyl/N-ethyl adjacent to an activating group) is 1. The summed E-state index contributed by atoms with van der Waals surface area (Å²) in [4.78, 5) is 25.3. The molecule has 0 saturated carbocycles. The molecule has 0 aliphatic carbocycles. The third kappa shape index (κ3) is 54.5. The highest BCUT2D eigenvalue weighted by molar-refractivity contribution is 7.45. The van der Waals surface area contributed by atoms with Crippen LogP contribution in [0.25, 0.3) is 0 Å². The van der Waals surface area contributed by atoms with E-state index in [-0.39, 0.29) is 19.1 Å². The number of rotatable bonds is 56. The van der Waals surface area contributed by atoms with E-state index in [1.807, 2.05) is 27.2 Å². The fourth-order valence-corrected chi connectivity index (χ4v) is 9.79. The van der Waals surface area contributed by atoms with Gasteiger partial charge in [0.2, 0.25) is 5.91 Å². The molecule has 0 heterocycles. The summed E-state index contributed by atoms with van der Waals surface area (Å²) in [5.74, 6) is -0.197. The van der Waals surface area contributed by atoms with Crippen molar-refractivity contribution in [3.63, 3.8) is 0 Å². The van der Waals surface area contributed by atoms with Crippen molar-refractivity contribution < 1.29 is 32.9 Å². The third-order valence-electron chi connectivity index (χ3n) is 13.8. The largest absolute Gasteiger partial charge is 0.756 e. The lowest BCUT2D eigenvalue weighted by molar-refractivity contribution is -0.870. The number of carbonyl (C=O) groups excluding carboxylic acids is 1. The van der Waals surface area contributed by atoms with Gasteiger partial charge in [-0.3, -0.25) is 9.36 Å². The molecule has 0 rings (SSSR count). The number of allylic oxidation sites excluding steroid dienone is 5. The first kappa shape index (κ1) is 68.7. The Morgan fingerprint density at radius 1 is 0.500 bits per heavy atom. The predicted octanol–water partition coefficient (Wildman–Crippen LogP) is 17.9. The van der Waals surface area contributed by atoms with E-state index in [1.54, 1.807) is 6.08 Å². The summed E-state index contributed by atoms with van der Waals surface area (Å²) < 4.78 is 23.2. The van der Waals surface area contributed by atoms with Gasteiger partial charge in [0.05, 0.1) is 39.9 Å². The minimum Gasteiger partial charge on any atom is -0.756 e. The van der Waals surface area contributed by atoms with E-state index in [4.69, 9.17) is 9.05 Å². The van der Waals surface area contributed by atoms with Crippen LogP contribution in [0.3, 0.4) is 0 Å². The van der Waals surface area contributed by atoms with Crippen molar-refractivity contribution in [3.05, 3.63) is 36.5 Å². The fraction of sp³-hybridized carbons (Fsp3) is 0.885. The normalized spacial score (nSPS) is 14.1. The van der Waals surface area contributed by atoms with Gasteiger partial charge in [0, 0.05) is 6.42 Å². The van der Waals surface area contributed by atoms with E-state index in [9.17, 15) is 19.4 Å². The van der Waals surface area contributed by atoms with Gasteiger partial charge in [0.25, 0.3) is 7.82 Å². The molecule has 0 aromatic rings. The van der Waals surface area contributed by atoms with Crippen LogP contribution in [0.15, 0.2) is 36.5 Å². The lowest BCUT2D eigenvalue weighted by atomic mass is 10.0. The maximum absolute atomic E-state index is 12.9. The SMILES string of the molecule is CCCCCCC/C=C\C/C=C\CCCCCCCCCCCCCCCCCCCCCCCCCCCCCCCC(=O)NC(COP(=O)([O-])OCC[N+](C)(C)C)C(O)/C=C/CCCCCCC. The first-order valence-electron chi connectivity index (χ1n) is 30.4. The minimum atomic E-state index is -4.58. The number of aliphatic hydroxyl groups excluding tert-OH is 1. The molecule has 0 spiro atoms. The van der Waals surface area contributed by atoms with Crippen molar-refractivity contribution in [1.29, 1.82) is 0 Å². The van der Waals surface area contributed by atoms with Gasteiger partial charge in [-0.05, 0) is 51.4 Å². The van der Waals surface area contributed by atoms with Gasteiger partial charge < -0.3 is 28.8 Å². The summed E-state index contributed by atoms with van der Waals surface area (Å²) in [6.45, 7) is 4.59. The van der Waals surface area contributed by atoms with Gasteiger partial charge in [0.1, 0.15) is 13.2 Å². The summed E-state index contributed by atoms with van der Waals surface area (Å²) in [6.07, 6.45) is 68.7. The quantitative estimate of drug-likeness (QED) is 0.0272. The van der Waals surface area contributed by atoms with Crippen LogP contribution in [0.1, 0.15) is 296 Å². The Hall–Kier alpha value is -1.28. The third-order valence-corrected chi connectivity index (χ3v) is 14.8. The Morgan fingerprint density at radius 2 is 0.829 bits per heavy atom. The van der Waals surface area contributed by atoms with Crippen molar-refractivity contribution in [2.75, 3.05) is 40.9 Å². The lowest BCUT2D eigenvalue weighted by Crippen LogP contribution is -2.45. The minimum absolute atomic E-state index is 0.000446. The van der Waals surface area contributed by atoms with Gasteiger partial charge >= 0.3 is 0 Å². The van der Waals surface area contributed by atoms with Crippen LogP contribution in [-0.2, 0) is 18.4 Å². The lowest BCUT2D eigenvalue weighted by Gasteiger charge is -2.29. The van der Waals surface area contributed by atoms with E-state index in [1.165, 1.54) is 231 Å². The molecule has 0 aromatic carbocycles. The Labute approximate surface area is 436 Å². The second-order valence-electron chi connectivity index (χ2n) is 22.1. The monoisotopic (exact) mass is 1010 g/mol. The molecule has 2 N–H and O–H groups in total. The van der Waals surface area contributed by atoms with Gasteiger partial charge in [-0.25, -0.2) is 0 Å². The molecule has 414 valence electrons. The summed E-state index contributed by atoms with van der Waals surface area (Å²) in [5, 5.41) is 13.7. The van der Waals surface area contributed by atoms with Crippen LogP contribution in [0, 0.1) is 0 Å². The number of unbranched alkanes of at least 4 members (excludes halogenated alkanes) is 39. The second-order valence-corrected chi connectivity index (χ2v) is 23.5. The van der Waals surface area contributed by atoms with Gasteiger partial charge in [-0.2, -0.15) is 0 Å². The Balaban J connectivity index is 3.69. The topological polar surface area (TPSA) is 108 Å². The summed E-state index contributed by atoms with van der Waals surface area (Å²) in [6, 6.07) is -0.881. The van der Waals surface area contributed by atoms with E-state index in [0.717, 1.165) is 44.9 Å². The number of hydrogen-bond donors (Lipinski definition) is 2. The van der Waals surface area contributed by atoms with Crippen molar-refractivity contribution in [3.8, 4) is 0 Å². The molecule has 70 heavy (non-hydrogen) atoms. The number of phosphoric ester groups is 1. The summed E-state index contributed by atoms with van der Waals surface area (Å²) in [7, 11) is 1.27. The van der Waals surface area contributed by atoms with Crippen molar-refractivity contribution >= 4 is 13.7 Å². The van der Waals surface area contributed by atoms with Crippen molar-refractivity contribution in [2.45, 2.75) is 309 Å². The predicted molar refractivity (Wildman–Crippen MR) is 302 cm³/mol. The van der Waals surface area contributed by atoms with E-state index < -0.39 is 20.0 Å². The number of phosphoric acid groups is 1. The first-order chi connectivity index (χ1) is 34.0. The van der Waals surface area contributed by atoms with Crippen LogP contribution < -0.4 is 10.2 Å². The average molecular weight is 1010 g/mol. The van der Waals surface area contributed by atoms with Gasteiger partial charge in [0.15, 0.2) is 0 Å². The Morgan fingerprint density at radius 3 is 1.19 bits per heavy atom. The molecule has 8 nitrogen and oxygen atoms in total. The van der Waals surface area contributed by atoms with E-state index in [2.05, 4.69) is 43.5 Å². The number of nitrogens with zero attached hydrogens (tertiary/aromatic N) is 1. The molecule has 0 aliphatic heterocycles. The van der Waals surface area contributed by atoms with E-state index >= 15 is 0 Å². The maximum Gasteiger partial charge on any atom is 0.268 e. The van der Waals surface area contributed by atoms with Crippen LogP contribution in [0.4, 0.5) is 0 Å². The zero-order chi connectivity index (χ0) is 51.3. The molecule has 3 atom stereocenters. The van der Waals surface area contributed by atoms with Crippen molar-refractivity contribution in [2.24, 2.45) is 0 Å². The zero-order valence-corrected chi connectivity index (χ0v) is 48.1. The highest BCUT2D eigenvalue weighted by Crippen LogP contribution is 2.38. The zero-order valence-electron chi connectivity index (χ0n) is 47.2. The molecular formula is C61H119N2O6P. The van der Waals surface area contributed by atoms with Gasteiger partial charge in [-0.1, -0.05) is 275 Å².